The highest BCUT2D eigenvalue weighted by Crippen LogP contribution is 2.27. The van der Waals surface area contributed by atoms with E-state index in [1.165, 1.54) is 34.4 Å². The van der Waals surface area contributed by atoms with Crippen molar-refractivity contribution in [3.8, 4) is 0 Å². The lowest BCUT2D eigenvalue weighted by atomic mass is 10.0. The fourth-order valence-corrected chi connectivity index (χ4v) is 5.31. The Morgan fingerprint density at radius 3 is 2.69 bits per heavy atom. The number of nitrogens with one attached hydrogen (secondary N) is 2. The minimum atomic E-state index is -0.298. The van der Waals surface area contributed by atoms with Crippen LogP contribution in [0.15, 0.2) is 46.9 Å². The molecule has 0 radical (unpaired) electrons. The summed E-state index contributed by atoms with van der Waals surface area (Å²) in [6.45, 7) is 4.04. The highest BCUT2D eigenvalue weighted by molar-refractivity contribution is 7.99. The van der Waals surface area contributed by atoms with Crippen LogP contribution in [0.25, 0.3) is 10.2 Å². The number of thioether (sulfide) groups is 1. The van der Waals surface area contributed by atoms with Gasteiger partial charge in [-0.3, -0.25) is 9.59 Å². The number of thiophene rings is 1. The van der Waals surface area contributed by atoms with Gasteiger partial charge < -0.3 is 15.2 Å². The first kappa shape index (κ1) is 22.4. The summed E-state index contributed by atoms with van der Waals surface area (Å²) in [5.41, 5.74) is 0.864. The number of hydrogen-bond acceptors (Lipinski definition) is 8. The minimum absolute atomic E-state index is 0.113. The molecule has 0 aliphatic rings. The van der Waals surface area contributed by atoms with Gasteiger partial charge in [-0.15, -0.1) is 21.5 Å². The molecule has 3 aromatic heterocycles. The van der Waals surface area contributed by atoms with Gasteiger partial charge >= 0.3 is 0 Å². The largest absolute Gasteiger partial charge is 0.341 e. The number of fused-ring (bicyclic) bond motifs is 1. The van der Waals surface area contributed by atoms with E-state index < -0.39 is 0 Å². The van der Waals surface area contributed by atoms with Crippen LogP contribution in [-0.4, -0.2) is 37.3 Å². The molecule has 0 aliphatic heterocycles. The fourth-order valence-electron chi connectivity index (χ4n) is 3.08. The SMILES string of the molecule is CC(C)C(NC(=O)c1cccs1)c1nnc(SCC(=O)Nc2nc3ccccc3s2)n1C. The summed E-state index contributed by atoms with van der Waals surface area (Å²) in [6, 6.07) is 11.1. The first-order chi connectivity index (χ1) is 15.4. The molecule has 0 bridgehead atoms. The topological polar surface area (TPSA) is 102 Å². The zero-order valence-corrected chi connectivity index (χ0v) is 20.2. The van der Waals surface area contributed by atoms with E-state index in [1.54, 1.807) is 6.07 Å². The summed E-state index contributed by atoms with van der Waals surface area (Å²) in [5.74, 6) is 0.646. The van der Waals surface area contributed by atoms with E-state index in [4.69, 9.17) is 0 Å². The Balaban J connectivity index is 1.39. The van der Waals surface area contributed by atoms with Crippen LogP contribution < -0.4 is 10.6 Å². The summed E-state index contributed by atoms with van der Waals surface area (Å²) >= 11 is 4.13. The number of hydrogen-bond donors (Lipinski definition) is 2. The average Bonchev–Trinajstić information content (AvgIpc) is 3.50. The zero-order chi connectivity index (χ0) is 22.7. The number of benzene rings is 1. The van der Waals surface area contributed by atoms with Crippen molar-refractivity contribution < 1.29 is 9.59 Å². The summed E-state index contributed by atoms with van der Waals surface area (Å²) in [7, 11) is 1.84. The average molecular weight is 487 g/mol. The maximum absolute atomic E-state index is 12.5. The van der Waals surface area contributed by atoms with Gasteiger partial charge in [0, 0.05) is 7.05 Å². The molecule has 0 fully saturated rings. The van der Waals surface area contributed by atoms with Crippen LogP contribution in [-0.2, 0) is 11.8 Å². The summed E-state index contributed by atoms with van der Waals surface area (Å²) < 4.78 is 2.85. The molecular formula is C21H22N6O2S3. The van der Waals surface area contributed by atoms with Gasteiger partial charge in [-0.05, 0) is 29.5 Å². The van der Waals surface area contributed by atoms with E-state index in [0.717, 1.165) is 10.2 Å². The number of anilines is 1. The van der Waals surface area contributed by atoms with Gasteiger partial charge in [0.1, 0.15) is 0 Å². The Labute approximate surface area is 197 Å². The van der Waals surface area contributed by atoms with Crippen LogP contribution in [0.1, 0.15) is 35.4 Å². The predicted octanol–water partition coefficient (Wildman–Crippen LogP) is 4.34. The summed E-state index contributed by atoms with van der Waals surface area (Å²) in [4.78, 5) is 30.0. The number of carbonyl (C=O) groups excluding carboxylic acids is 2. The second-order valence-corrected chi connectivity index (χ2v) is 10.3. The van der Waals surface area contributed by atoms with Crippen LogP contribution in [0.3, 0.4) is 0 Å². The van der Waals surface area contributed by atoms with Crippen LogP contribution in [0.2, 0.25) is 0 Å². The number of thiazole rings is 1. The Kier molecular flexibility index (Phi) is 6.87. The van der Waals surface area contributed by atoms with Crippen molar-refractivity contribution in [3.63, 3.8) is 0 Å². The monoisotopic (exact) mass is 486 g/mol. The van der Waals surface area contributed by atoms with Crippen LogP contribution >= 0.6 is 34.4 Å². The van der Waals surface area contributed by atoms with Crippen molar-refractivity contribution in [1.82, 2.24) is 25.1 Å². The van der Waals surface area contributed by atoms with Crippen molar-refractivity contribution in [2.75, 3.05) is 11.1 Å². The van der Waals surface area contributed by atoms with E-state index in [1.807, 2.05) is 61.2 Å². The Morgan fingerprint density at radius 1 is 1.16 bits per heavy atom. The lowest BCUT2D eigenvalue weighted by Crippen LogP contribution is -2.33. The lowest BCUT2D eigenvalue weighted by Gasteiger charge is -2.21. The molecule has 1 atom stereocenters. The molecule has 0 aliphatic carbocycles. The second kappa shape index (κ2) is 9.80. The van der Waals surface area contributed by atoms with E-state index in [2.05, 4.69) is 25.8 Å². The number of para-hydroxylation sites is 1. The molecule has 1 aromatic carbocycles. The molecule has 0 saturated heterocycles. The second-order valence-electron chi connectivity index (χ2n) is 7.40. The third-order valence-electron chi connectivity index (χ3n) is 4.72. The molecule has 11 heteroatoms. The molecular weight excluding hydrogens is 464 g/mol. The zero-order valence-electron chi connectivity index (χ0n) is 17.7. The van der Waals surface area contributed by atoms with Gasteiger partial charge in [0.05, 0.1) is 26.9 Å². The van der Waals surface area contributed by atoms with Gasteiger partial charge in [0.2, 0.25) is 5.91 Å². The number of carbonyl (C=O) groups is 2. The number of aromatic nitrogens is 4. The molecule has 3 heterocycles. The molecule has 0 spiro atoms. The quantitative estimate of drug-likeness (QED) is 0.359. The van der Waals surface area contributed by atoms with Crippen molar-refractivity contribution in [2.24, 2.45) is 13.0 Å². The molecule has 166 valence electrons. The highest BCUT2D eigenvalue weighted by atomic mass is 32.2. The molecule has 0 saturated carbocycles. The van der Waals surface area contributed by atoms with E-state index in [9.17, 15) is 9.59 Å². The molecule has 8 nitrogen and oxygen atoms in total. The van der Waals surface area contributed by atoms with Crippen LogP contribution in [0.5, 0.6) is 0 Å². The smallest absolute Gasteiger partial charge is 0.261 e. The fraction of sp³-hybridized carbons (Fsp3) is 0.286. The summed E-state index contributed by atoms with van der Waals surface area (Å²) in [5, 5.41) is 17.5. The third kappa shape index (κ3) is 5.00. The van der Waals surface area contributed by atoms with Gasteiger partial charge in [-0.1, -0.05) is 55.1 Å². The van der Waals surface area contributed by atoms with Crippen molar-refractivity contribution in [3.05, 3.63) is 52.5 Å². The van der Waals surface area contributed by atoms with Crippen LogP contribution in [0.4, 0.5) is 5.13 Å². The number of amides is 2. The van der Waals surface area contributed by atoms with Crippen molar-refractivity contribution >= 4 is 61.6 Å². The van der Waals surface area contributed by atoms with E-state index in [0.29, 0.717) is 21.0 Å². The standard InChI is InChI=1S/C21H22N6O2S3/c1-12(2)17(24-19(29)15-9-6-10-30-15)18-25-26-21(27(18)3)31-11-16(28)23-20-22-13-7-4-5-8-14(13)32-20/h4-10,12,17H,11H2,1-3H3,(H,24,29)(H,22,23,28). The van der Waals surface area contributed by atoms with Gasteiger partial charge in [0.25, 0.3) is 5.91 Å². The number of rotatable bonds is 8. The van der Waals surface area contributed by atoms with Crippen molar-refractivity contribution in [2.45, 2.75) is 25.0 Å². The molecule has 4 rings (SSSR count). The van der Waals surface area contributed by atoms with Crippen LogP contribution in [0, 0.1) is 5.92 Å². The van der Waals surface area contributed by atoms with Crippen molar-refractivity contribution in [1.29, 1.82) is 0 Å². The molecule has 4 aromatic rings. The third-order valence-corrected chi connectivity index (χ3v) is 7.56. The lowest BCUT2D eigenvalue weighted by molar-refractivity contribution is -0.113. The first-order valence-corrected chi connectivity index (χ1v) is 12.6. The predicted molar refractivity (Wildman–Crippen MR) is 129 cm³/mol. The van der Waals surface area contributed by atoms with Gasteiger partial charge in [-0.25, -0.2) is 4.98 Å². The maximum Gasteiger partial charge on any atom is 0.261 e. The Bertz CT molecular complexity index is 1200. The normalized spacial score (nSPS) is 12.2. The highest BCUT2D eigenvalue weighted by Gasteiger charge is 2.25. The summed E-state index contributed by atoms with van der Waals surface area (Å²) in [6.07, 6.45) is 0. The van der Waals surface area contributed by atoms with E-state index in [-0.39, 0.29) is 29.5 Å². The Morgan fingerprint density at radius 2 is 1.97 bits per heavy atom. The first-order valence-electron chi connectivity index (χ1n) is 9.94. The minimum Gasteiger partial charge on any atom is -0.341 e. The molecule has 32 heavy (non-hydrogen) atoms. The van der Waals surface area contributed by atoms with Gasteiger partial charge in [-0.2, -0.15) is 0 Å². The maximum atomic E-state index is 12.5. The Hall–Kier alpha value is -2.76. The molecule has 2 amide bonds. The molecule has 1 unspecified atom stereocenters. The molecule has 2 N–H and O–H groups in total. The van der Waals surface area contributed by atoms with Gasteiger partial charge in [0.15, 0.2) is 16.1 Å². The number of nitrogens with zero attached hydrogens (tertiary/aromatic N) is 4. The van der Waals surface area contributed by atoms with E-state index >= 15 is 0 Å².